The lowest BCUT2D eigenvalue weighted by Crippen LogP contribution is -2.44. The first-order valence-electron chi connectivity index (χ1n) is 6.05. The highest BCUT2D eigenvalue weighted by Crippen LogP contribution is 2.06. The Bertz CT molecular complexity index is 302. The third-order valence-corrected chi connectivity index (χ3v) is 2.83. The van der Waals surface area contributed by atoms with Gasteiger partial charge < -0.3 is 15.3 Å². The Hall–Kier alpha value is -1.52. The second-order valence-corrected chi connectivity index (χ2v) is 4.22. The van der Waals surface area contributed by atoms with Crippen LogP contribution >= 0.6 is 0 Å². The summed E-state index contributed by atoms with van der Waals surface area (Å²) in [5.41, 5.74) is 0. The van der Waals surface area contributed by atoms with Gasteiger partial charge in [0, 0.05) is 19.6 Å². The summed E-state index contributed by atoms with van der Waals surface area (Å²) in [6, 6.07) is -0.170. The van der Waals surface area contributed by atoms with Crippen LogP contribution in [0.5, 0.6) is 0 Å². The van der Waals surface area contributed by atoms with Crippen molar-refractivity contribution in [2.24, 2.45) is 5.92 Å². The largest absolute Gasteiger partial charge is 0.481 e. The van der Waals surface area contributed by atoms with E-state index < -0.39 is 11.9 Å². The Balaban J connectivity index is 2.35. The third-order valence-electron chi connectivity index (χ3n) is 2.83. The van der Waals surface area contributed by atoms with Gasteiger partial charge in [-0.15, -0.1) is 0 Å². The second kappa shape index (κ2) is 6.93. The molecule has 0 saturated carbocycles. The van der Waals surface area contributed by atoms with E-state index in [2.05, 4.69) is 5.32 Å². The molecule has 0 radical (unpaired) electrons. The van der Waals surface area contributed by atoms with Gasteiger partial charge >= 0.3 is 12.0 Å². The number of aliphatic carboxylic acids is 1. The lowest BCUT2D eigenvalue weighted by molar-refractivity contribution is -0.141. The number of urea groups is 1. The van der Waals surface area contributed by atoms with Crippen LogP contribution in [-0.4, -0.2) is 41.6 Å². The van der Waals surface area contributed by atoms with E-state index in [9.17, 15) is 9.59 Å². The van der Waals surface area contributed by atoms with Crippen molar-refractivity contribution in [1.29, 1.82) is 0 Å². The predicted octanol–water partition coefficient (Wildman–Crippen LogP) is 1.46. The van der Waals surface area contributed by atoms with Gasteiger partial charge in [0.25, 0.3) is 0 Å². The minimum Gasteiger partial charge on any atom is -0.481 e. The van der Waals surface area contributed by atoms with Crippen LogP contribution in [0.15, 0.2) is 12.2 Å². The van der Waals surface area contributed by atoms with Crippen molar-refractivity contribution >= 4 is 12.0 Å². The smallest absolute Gasteiger partial charge is 0.317 e. The van der Waals surface area contributed by atoms with Crippen LogP contribution in [0.1, 0.15) is 26.2 Å². The highest BCUT2D eigenvalue weighted by Gasteiger charge is 2.19. The Morgan fingerprint density at radius 3 is 2.76 bits per heavy atom. The SMILES string of the molecule is CCCC(CNC(=O)N1CC=CCC1)C(=O)O. The van der Waals surface area contributed by atoms with E-state index in [1.54, 1.807) is 4.90 Å². The van der Waals surface area contributed by atoms with Crippen molar-refractivity contribution in [2.45, 2.75) is 26.2 Å². The summed E-state index contributed by atoms with van der Waals surface area (Å²) in [5, 5.41) is 11.6. The highest BCUT2D eigenvalue weighted by molar-refractivity contribution is 5.76. The molecule has 1 atom stereocenters. The number of carbonyl (C=O) groups excluding carboxylic acids is 1. The molecule has 0 aromatic rings. The van der Waals surface area contributed by atoms with Crippen molar-refractivity contribution in [2.75, 3.05) is 19.6 Å². The summed E-state index contributed by atoms with van der Waals surface area (Å²) in [6.45, 7) is 3.46. The number of nitrogens with one attached hydrogen (secondary N) is 1. The molecule has 0 saturated heterocycles. The molecular weight excluding hydrogens is 220 g/mol. The molecule has 0 fully saturated rings. The lowest BCUT2D eigenvalue weighted by Gasteiger charge is -2.24. The number of rotatable bonds is 5. The standard InChI is InChI=1S/C12H20N2O3/c1-2-6-10(11(15)16)9-13-12(17)14-7-4-3-5-8-14/h3-4,10H,2,5-9H2,1H3,(H,13,17)(H,15,16). The fourth-order valence-electron chi connectivity index (χ4n) is 1.81. The average Bonchev–Trinajstić information content (AvgIpc) is 2.34. The normalized spacial score (nSPS) is 16.6. The van der Waals surface area contributed by atoms with E-state index >= 15 is 0 Å². The topological polar surface area (TPSA) is 69.6 Å². The summed E-state index contributed by atoms with van der Waals surface area (Å²) in [7, 11) is 0. The summed E-state index contributed by atoms with van der Waals surface area (Å²) in [5.74, 6) is -1.32. The monoisotopic (exact) mass is 240 g/mol. The van der Waals surface area contributed by atoms with Gasteiger partial charge in [-0.1, -0.05) is 25.5 Å². The van der Waals surface area contributed by atoms with Crippen LogP contribution < -0.4 is 5.32 Å². The quantitative estimate of drug-likeness (QED) is 0.715. The molecule has 0 aromatic carbocycles. The van der Waals surface area contributed by atoms with Crippen LogP contribution in [0, 0.1) is 5.92 Å². The molecule has 17 heavy (non-hydrogen) atoms. The molecule has 1 unspecified atom stereocenters. The van der Waals surface area contributed by atoms with Gasteiger partial charge in [0.2, 0.25) is 0 Å². The van der Waals surface area contributed by atoms with Gasteiger partial charge in [0.1, 0.15) is 0 Å². The Morgan fingerprint density at radius 1 is 1.47 bits per heavy atom. The van der Waals surface area contributed by atoms with Crippen molar-refractivity contribution < 1.29 is 14.7 Å². The Morgan fingerprint density at radius 2 is 2.24 bits per heavy atom. The fraction of sp³-hybridized carbons (Fsp3) is 0.667. The number of nitrogens with zero attached hydrogens (tertiary/aromatic N) is 1. The van der Waals surface area contributed by atoms with Gasteiger partial charge in [0.15, 0.2) is 0 Å². The first kappa shape index (κ1) is 13.5. The van der Waals surface area contributed by atoms with E-state index in [1.165, 1.54) is 0 Å². The third kappa shape index (κ3) is 4.46. The minimum atomic E-state index is -0.842. The summed E-state index contributed by atoms with van der Waals surface area (Å²) in [4.78, 5) is 24.3. The maximum Gasteiger partial charge on any atom is 0.317 e. The van der Waals surface area contributed by atoms with Crippen LogP contribution in [0.2, 0.25) is 0 Å². The summed E-state index contributed by atoms with van der Waals surface area (Å²) in [6.07, 6.45) is 6.25. The number of carboxylic acids is 1. The molecule has 2 amide bonds. The van der Waals surface area contributed by atoms with Crippen LogP contribution in [0.25, 0.3) is 0 Å². The molecule has 0 aliphatic carbocycles. The van der Waals surface area contributed by atoms with Crippen LogP contribution in [0.4, 0.5) is 4.79 Å². The number of amides is 2. The Kier molecular flexibility index (Phi) is 5.52. The maximum atomic E-state index is 11.7. The lowest BCUT2D eigenvalue weighted by atomic mass is 10.0. The van der Waals surface area contributed by atoms with E-state index in [1.807, 2.05) is 19.1 Å². The second-order valence-electron chi connectivity index (χ2n) is 4.22. The van der Waals surface area contributed by atoms with E-state index in [-0.39, 0.29) is 12.6 Å². The molecule has 1 aliphatic heterocycles. The van der Waals surface area contributed by atoms with Crippen molar-refractivity contribution in [3.8, 4) is 0 Å². The van der Waals surface area contributed by atoms with Crippen molar-refractivity contribution in [3.05, 3.63) is 12.2 Å². The minimum absolute atomic E-state index is 0.170. The predicted molar refractivity (Wildman–Crippen MR) is 64.8 cm³/mol. The summed E-state index contributed by atoms with van der Waals surface area (Å²) >= 11 is 0. The zero-order valence-electron chi connectivity index (χ0n) is 10.2. The highest BCUT2D eigenvalue weighted by atomic mass is 16.4. The first-order valence-corrected chi connectivity index (χ1v) is 6.05. The van der Waals surface area contributed by atoms with E-state index in [4.69, 9.17) is 5.11 Å². The first-order chi connectivity index (χ1) is 8.15. The average molecular weight is 240 g/mol. The number of hydrogen-bond acceptors (Lipinski definition) is 2. The number of carbonyl (C=O) groups is 2. The summed E-state index contributed by atoms with van der Waals surface area (Å²) < 4.78 is 0. The maximum absolute atomic E-state index is 11.7. The van der Waals surface area contributed by atoms with Gasteiger partial charge in [-0.2, -0.15) is 0 Å². The molecule has 5 heteroatoms. The zero-order chi connectivity index (χ0) is 12.7. The van der Waals surface area contributed by atoms with Gasteiger partial charge in [-0.3, -0.25) is 4.79 Å². The van der Waals surface area contributed by atoms with E-state index in [0.717, 1.165) is 12.8 Å². The zero-order valence-corrected chi connectivity index (χ0v) is 10.2. The molecule has 0 bridgehead atoms. The number of carboxylic acid groups (broad SMARTS) is 1. The molecule has 0 aromatic heterocycles. The molecule has 1 heterocycles. The Labute approximate surface area is 101 Å². The molecule has 96 valence electrons. The number of hydrogen-bond donors (Lipinski definition) is 2. The van der Waals surface area contributed by atoms with E-state index in [0.29, 0.717) is 19.5 Å². The van der Waals surface area contributed by atoms with Gasteiger partial charge in [0.05, 0.1) is 5.92 Å². The van der Waals surface area contributed by atoms with Crippen LogP contribution in [-0.2, 0) is 4.79 Å². The van der Waals surface area contributed by atoms with Gasteiger partial charge in [-0.05, 0) is 12.8 Å². The van der Waals surface area contributed by atoms with Crippen LogP contribution in [0.3, 0.4) is 0 Å². The molecular formula is C12H20N2O3. The van der Waals surface area contributed by atoms with Gasteiger partial charge in [-0.25, -0.2) is 4.79 Å². The molecule has 5 nitrogen and oxygen atoms in total. The molecule has 2 N–H and O–H groups in total. The molecule has 1 rings (SSSR count). The molecule has 0 spiro atoms. The van der Waals surface area contributed by atoms with Crippen molar-refractivity contribution in [3.63, 3.8) is 0 Å². The molecule has 1 aliphatic rings. The fourth-order valence-corrected chi connectivity index (χ4v) is 1.81. The van der Waals surface area contributed by atoms with Crippen molar-refractivity contribution in [1.82, 2.24) is 10.2 Å².